The molecule has 0 aromatic carbocycles. The number of rotatable bonds is 6. The summed E-state index contributed by atoms with van der Waals surface area (Å²) in [5.74, 6) is -0.207. The average Bonchev–Trinajstić information content (AvgIpc) is 3.12. The number of carboxylic acid groups (broad SMARTS) is 1. The Hall–Kier alpha value is -1.58. The average molecular weight is 234 g/mol. The van der Waals surface area contributed by atoms with Crippen molar-refractivity contribution in [2.24, 2.45) is 5.92 Å². The van der Waals surface area contributed by atoms with Gasteiger partial charge in [-0.15, -0.1) is 0 Å². The van der Waals surface area contributed by atoms with Crippen LogP contribution in [0.4, 0.5) is 5.69 Å². The van der Waals surface area contributed by atoms with Gasteiger partial charge in [-0.1, -0.05) is 6.92 Å². The van der Waals surface area contributed by atoms with Crippen LogP contribution in [0.25, 0.3) is 0 Å². The SMILES string of the molecule is CCCN(CC1CC1)c1cccnc1C(=O)O. The van der Waals surface area contributed by atoms with E-state index in [4.69, 9.17) is 5.11 Å². The van der Waals surface area contributed by atoms with Crippen LogP contribution in [0.3, 0.4) is 0 Å². The molecule has 1 fully saturated rings. The molecule has 17 heavy (non-hydrogen) atoms. The van der Waals surface area contributed by atoms with Crippen LogP contribution in [0.1, 0.15) is 36.7 Å². The Morgan fingerprint density at radius 3 is 2.94 bits per heavy atom. The van der Waals surface area contributed by atoms with Gasteiger partial charge in [-0.25, -0.2) is 9.78 Å². The van der Waals surface area contributed by atoms with Gasteiger partial charge >= 0.3 is 5.97 Å². The number of pyridine rings is 1. The third-order valence-electron chi connectivity index (χ3n) is 3.00. The number of hydrogen-bond donors (Lipinski definition) is 1. The third kappa shape index (κ3) is 2.96. The molecule has 0 unspecified atom stereocenters. The summed E-state index contributed by atoms with van der Waals surface area (Å²) in [7, 11) is 0. The minimum Gasteiger partial charge on any atom is -0.476 e. The molecule has 0 spiro atoms. The van der Waals surface area contributed by atoms with Crippen LogP contribution in [0, 0.1) is 5.92 Å². The van der Waals surface area contributed by atoms with Crippen molar-refractivity contribution in [2.75, 3.05) is 18.0 Å². The highest BCUT2D eigenvalue weighted by Crippen LogP contribution is 2.32. The number of anilines is 1. The molecule has 4 nitrogen and oxygen atoms in total. The van der Waals surface area contributed by atoms with E-state index < -0.39 is 5.97 Å². The van der Waals surface area contributed by atoms with Crippen molar-refractivity contribution in [3.8, 4) is 0 Å². The lowest BCUT2D eigenvalue weighted by molar-refractivity contribution is 0.0691. The summed E-state index contributed by atoms with van der Waals surface area (Å²) >= 11 is 0. The van der Waals surface area contributed by atoms with Crippen LogP contribution in [0.5, 0.6) is 0 Å². The Balaban J connectivity index is 2.23. The first-order valence-corrected chi connectivity index (χ1v) is 6.15. The number of aromatic carboxylic acids is 1. The Kier molecular flexibility index (Phi) is 3.61. The van der Waals surface area contributed by atoms with E-state index in [0.29, 0.717) is 0 Å². The molecule has 0 atom stereocenters. The van der Waals surface area contributed by atoms with Gasteiger partial charge in [0.15, 0.2) is 5.69 Å². The summed E-state index contributed by atoms with van der Waals surface area (Å²) in [6.07, 6.45) is 5.08. The number of aromatic nitrogens is 1. The molecule has 0 radical (unpaired) electrons. The van der Waals surface area contributed by atoms with Gasteiger partial charge in [0, 0.05) is 19.3 Å². The first kappa shape index (κ1) is 11.9. The molecule has 0 bridgehead atoms. The molecule has 1 aliphatic rings. The van der Waals surface area contributed by atoms with Gasteiger partial charge in [0.05, 0.1) is 5.69 Å². The third-order valence-corrected chi connectivity index (χ3v) is 3.00. The second-order valence-electron chi connectivity index (χ2n) is 4.57. The maximum atomic E-state index is 11.1. The maximum Gasteiger partial charge on any atom is 0.356 e. The van der Waals surface area contributed by atoms with Crippen molar-refractivity contribution in [3.05, 3.63) is 24.0 Å². The lowest BCUT2D eigenvalue weighted by atomic mass is 10.2. The number of carboxylic acids is 1. The molecular formula is C13H18N2O2. The predicted octanol–water partition coefficient (Wildman–Crippen LogP) is 2.41. The second-order valence-corrected chi connectivity index (χ2v) is 4.57. The van der Waals surface area contributed by atoms with Crippen LogP contribution in [-0.2, 0) is 0 Å². The van der Waals surface area contributed by atoms with E-state index in [0.717, 1.165) is 31.1 Å². The number of hydrogen-bond acceptors (Lipinski definition) is 3. The highest BCUT2D eigenvalue weighted by atomic mass is 16.4. The van der Waals surface area contributed by atoms with Crippen molar-refractivity contribution < 1.29 is 9.90 Å². The lowest BCUT2D eigenvalue weighted by Gasteiger charge is -2.25. The van der Waals surface area contributed by atoms with E-state index in [1.807, 2.05) is 6.07 Å². The largest absolute Gasteiger partial charge is 0.476 e. The molecule has 1 heterocycles. The molecule has 4 heteroatoms. The normalized spacial score (nSPS) is 14.6. The Morgan fingerprint density at radius 1 is 1.59 bits per heavy atom. The van der Waals surface area contributed by atoms with Gasteiger partial charge in [0.2, 0.25) is 0 Å². The summed E-state index contributed by atoms with van der Waals surface area (Å²) in [4.78, 5) is 17.3. The molecular weight excluding hydrogens is 216 g/mol. The zero-order chi connectivity index (χ0) is 12.3. The van der Waals surface area contributed by atoms with Crippen molar-refractivity contribution in [2.45, 2.75) is 26.2 Å². The lowest BCUT2D eigenvalue weighted by Crippen LogP contribution is -2.28. The molecule has 0 saturated heterocycles. The Labute approximate surface area is 101 Å². The van der Waals surface area contributed by atoms with E-state index in [2.05, 4.69) is 16.8 Å². The molecule has 1 aliphatic carbocycles. The fourth-order valence-corrected chi connectivity index (χ4v) is 2.01. The summed E-state index contributed by atoms with van der Waals surface area (Å²) in [6.45, 7) is 3.96. The van der Waals surface area contributed by atoms with Crippen molar-refractivity contribution in [1.29, 1.82) is 0 Å². The summed E-state index contributed by atoms with van der Waals surface area (Å²) in [5.41, 5.74) is 0.926. The highest BCUT2D eigenvalue weighted by Gasteiger charge is 2.26. The van der Waals surface area contributed by atoms with Crippen LogP contribution < -0.4 is 4.90 Å². The molecule has 1 aromatic rings. The van der Waals surface area contributed by atoms with E-state index >= 15 is 0 Å². The quantitative estimate of drug-likeness (QED) is 0.821. The molecule has 0 aliphatic heterocycles. The highest BCUT2D eigenvalue weighted by molar-refractivity contribution is 5.92. The zero-order valence-corrected chi connectivity index (χ0v) is 10.1. The molecule has 2 rings (SSSR count). The van der Waals surface area contributed by atoms with Gasteiger partial charge in [0.25, 0.3) is 0 Å². The number of nitrogens with zero attached hydrogens (tertiary/aromatic N) is 2. The molecule has 0 amide bonds. The van der Waals surface area contributed by atoms with E-state index in [-0.39, 0.29) is 5.69 Å². The summed E-state index contributed by atoms with van der Waals surface area (Å²) < 4.78 is 0. The topological polar surface area (TPSA) is 53.4 Å². The zero-order valence-electron chi connectivity index (χ0n) is 10.1. The fourth-order valence-electron chi connectivity index (χ4n) is 2.01. The van der Waals surface area contributed by atoms with Crippen LogP contribution in [-0.4, -0.2) is 29.1 Å². The van der Waals surface area contributed by atoms with Crippen molar-refractivity contribution in [1.82, 2.24) is 4.98 Å². The molecule has 92 valence electrons. The van der Waals surface area contributed by atoms with E-state index in [1.54, 1.807) is 6.07 Å². The Bertz CT molecular complexity index is 402. The first-order chi connectivity index (χ1) is 8.22. The first-order valence-electron chi connectivity index (χ1n) is 6.15. The van der Waals surface area contributed by atoms with Gasteiger partial charge in [-0.2, -0.15) is 0 Å². The standard InChI is InChI=1S/C13H18N2O2/c1-2-8-15(9-10-5-6-10)11-4-3-7-14-12(11)13(16)17/h3-4,7,10H,2,5-6,8-9H2,1H3,(H,16,17). The van der Waals surface area contributed by atoms with Crippen molar-refractivity contribution in [3.63, 3.8) is 0 Å². The monoisotopic (exact) mass is 234 g/mol. The molecule has 1 saturated carbocycles. The number of carbonyl (C=O) groups is 1. The summed E-state index contributed by atoms with van der Waals surface area (Å²) in [6, 6.07) is 3.66. The smallest absolute Gasteiger partial charge is 0.356 e. The van der Waals surface area contributed by atoms with Crippen LogP contribution in [0.2, 0.25) is 0 Å². The molecule has 1 aromatic heterocycles. The van der Waals surface area contributed by atoms with E-state index in [9.17, 15) is 4.79 Å². The van der Waals surface area contributed by atoms with Gasteiger partial charge in [-0.3, -0.25) is 0 Å². The van der Waals surface area contributed by atoms with Gasteiger partial charge in [0.1, 0.15) is 0 Å². The van der Waals surface area contributed by atoms with Gasteiger partial charge < -0.3 is 10.0 Å². The minimum atomic E-state index is -0.947. The second kappa shape index (κ2) is 5.17. The van der Waals surface area contributed by atoms with Crippen LogP contribution in [0.15, 0.2) is 18.3 Å². The Morgan fingerprint density at radius 2 is 2.35 bits per heavy atom. The summed E-state index contributed by atoms with van der Waals surface area (Å²) in [5, 5.41) is 9.14. The fraction of sp³-hybridized carbons (Fsp3) is 0.538. The minimum absolute atomic E-state index is 0.168. The maximum absolute atomic E-state index is 11.1. The molecule has 1 N–H and O–H groups in total. The van der Waals surface area contributed by atoms with Crippen LogP contribution >= 0.6 is 0 Å². The predicted molar refractivity (Wildman–Crippen MR) is 66.4 cm³/mol. The van der Waals surface area contributed by atoms with Gasteiger partial charge in [-0.05, 0) is 37.3 Å². The van der Waals surface area contributed by atoms with E-state index in [1.165, 1.54) is 19.0 Å². The van der Waals surface area contributed by atoms with Crippen molar-refractivity contribution >= 4 is 11.7 Å².